The molecule has 0 spiro atoms. The molecule has 4 heteroatoms. The minimum absolute atomic E-state index is 0.736. The molecule has 0 radical (unpaired) electrons. The van der Waals surface area contributed by atoms with Crippen LogP contribution in [0.25, 0.3) is 10.6 Å². The minimum Gasteiger partial charge on any atom is -0.330 e. The number of thiazole rings is 1. The van der Waals surface area contributed by atoms with Gasteiger partial charge in [-0.15, -0.1) is 11.3 Å². The summed E-state index contributed by atoms with van der Waals surface area (Å²) in [5.74, 6) is 1.96. The zero-order valence-electron chi connectivity index (χ0n) is 9.85. The molecular formula is C13H16N2S2. The number of nitrogens with zero attached hydrogens (tertiary/aromatic N) is 1. The standard InChI is InChI=1S/C13H16N2S2/c1-10-2-4-11(5-3-10)13-15-12(9-17-13)8-16-7-6-14/h2-5,9H,6-8,14H2,1H3. The van der Waals surface area contributed by atoms with E-state index in [1.54, 1.807) is 11.3 Å². The molecule has 0 fully saturated rings. The molecule has 1 aromatic carbocycles. The summed E-state index contributed by atoms with van der Waals surface area (Å²) in [6, 6.07) is 8.51. The third-order valence-electron chi connectivity index (χ3n) is 2.36. The molecule has 0 bridgehead atoms. The Kier molecular flexibility index (Phi) is 4.59. The monoisotopic (exact) mass is 264 g/mol. The van der Waals surface area contributed by atoms with Gasteiger partial charge < -0.3 is 5.73 Å². The lowest BCUT2D eigenvalue weighted by Crippen LogP contribution is -2.01. The van der Waals surface area contributed by atoms with E-state index in [1.807, 2.05) is 11.8 Å². The van der Waals surface area contributed by atoms with Crippen LogP contribution in [0.2, 0.25) is 0 Å². The second-order valence-electron chi connectivity index (χ2n) is 3.85. The van der Waals surface area contributed by atoms with Gasteiger partial charge in [0.15, 0.2) is 0 Å². The van der Waals surface area contributed by atoms with Crippen LogP contribution in [0.1, 0.15) is 11.3 Å². The van der Waals surface area contributed by atoms with Crippen molar-refractivity contribution in [3.05, 3.63) is 40.9 Å². The molecule has 1 heterocycles. The average Bonchev–Trinajstić information content (AvgIpc) is 2.79. The van der Waals surface area contributed by atoms with E-state index in [2.05, 4.69) is 41.6 Å². The van der Waals surface area contributed by atoms with Gasteiger partial charge in [-0.2, -0.15) is 11.8 Å². The van der Waals surface area contributed by atoms with Gasteiger partial charge in [0, 0.05) is 29.0 Å². The first kappa shape index (κ1) is 12.6. The van der Waals surface area contributed by atoms with Crippen LogP contribution in [0.4, 0.5) is 0 Å². The predicted molar refractivity (Wildman–Crippen MR) is 77.5 cm³/mol. The van der Waals surface area contributed by atoms with Crippen LogP contribution in [-0.4, -0.2) is 17.3 Å². The Hall–Kier alpha value is -0.840. The lowest BCUT2D eigenvalue weighted by Gasteiger charge is -1.97. The molecule has 0 unspecified atom stereocenters. The molecule has 2 N–H and O–H groups in total. The van der Waals surface area contributed by atoms with Gasteiger partial charge in [-0.25, -0.2) is 4.98 Å². The molecule has 0 amide bonds. The normalized spacial score (nSPS) is 10.7. The summed E-state index contributed by atoms with van der Waals surface area (Å²) in [4.78, 5) is 4.64. The van der Waals surface area contributed by atoms with E-state index in [-0.39, 0.29) is 0 Å². The molecule has 0 saturated heterocycles. The van der Waals surface area contributed by atoms with Crippen molar-refractivity contribution in [1.29, 1.82) is 0 Å². The number of thioether (sulfide) groups is 1. The van der Waals surface area contributed by atoms with E-state index >= 15 is 0 Å². The lowest BCUT2D eigenvalue weighted by molar-refractivity contribution is 1.14. The number of aryl methyl sites for hydroxylation is 1. The Morgan fingerprint density at radius 3 is 2.76 bits per heavy atom. The molecule has 0 aliphatic heterocycles. The second-order valence-corrected chi connectivity index (χ2v) is 5.81. The predicted octanol–water partition coefficient (Wildman–Crippen LogP) is 3.31. The number of benzene rings is 1. The van der Waals surface area contributed by atoms with Gasteiger partial charge in [0.25, 0.3) is 0 Å². The zero-order valence-corrected chi connectivity index (χ0v) is 11.5. The number of rotatable bonds is 5. The highest BCUT2D eigenvalue weighted by molar-refractivity contribution is 7.98. The Morgan fingerprint density at radius 2 is 2.06 bits per heavy atom. The van der Waals surface area contributed by atoms with Gasteiger partial charge in [-0.1, -0.05) is 29.8 Å². The fraction of sp³-hybridized carbons (Fsp3) is 0.308. The molecule has 2 aromatic rings. The van der Waals surface area contributed by atoms with Gasteiger partial charge in [-0.05, 0) is 6.92 Å². The number of hydrogen-bond donors (Lipinski definition) is 1. The van der Waals surface area contributed by atoms with Crippen LogP contribution in [0.5, 0.6) is 0 Å². The van der Waals surface area contributed by atoms with E-state index in [0.717, 1.165) is 28.8 Å². The molecule has 0 aliphatic carbocycles. The molecule has 1 aromatic heterocycles. The first-order valence-electron chi connectivity index (χ1n) is 5.59. The Morgan fingerprint density at radius 1 is 1.29 bits per heavy atom. The largest absolute Gasteiger partial charge is 0.330 e. The summed E-state index contributed by atoms with van der Waals surface area (Å²) in [6.07, 6.45) is 0. The van der Waals surface area contributed by atoms with Crippen molar-refractivity contribution in [2.24, 2.45) is 5.73 Å². The van der Waals surface area contributed by atoms with Gasteiger partial charge in [0.05, 0.1) is 5.69 Å². The quantitative estimate of drug-likeness (QED) is 0.842. The highest BCUT2D eigenvalue weighted by atomic mass is 32.2. The molecule has 0 aliphatic rings. The van der Waals surface area contributed by atoms with E-state index in [0.29, 0.717) is 0 Å². The lowest BCUT2D eigenvalue weighted by atomic mass is 10.2. The second kappa shape index (κ2) is 6.19. The highest BCUT2D eigenvalue weighted by Gasteiger charge is 2.04. The average molecular weight is 264 g/mol. The molecule has 17 heavy (non-hydrogen) atoms. The first-order valence-corrected chi connectivity index (χ1v) is 7.62. The van der Waals surface area contributed by atoms with Crippen molar-refractivity contribution in [2.75, 3.05) is 12.3 Å². The maximum absolute atomic E-state index is 5.46. The summed E-state index contributed by atoms with van der Waals surface area (Å²) in [6.45, 7) is 2.83. The van der Waals surface area contributed by atoms with Gasteiger partial charge in [-0.3, -0.25) is 0 Å². The fourth-order valence-electron chi connectivity index (χ4n) is 1.46. The van der Waals surface area contributed by atoms with E-state index in [1.165, 1.54) is 11.1 Å². The first-order chi connectivity index (χ1) is 8.29. The number of aromatic nitrogens is 1. The van der Waals surface area contributed by atoms with E-state index in [9.17, 15) is 0 Å². The highest BCUT2D eigenvalue weighted by Crippen LogP contribution is 2.25. The van der Waals surface area contributed by atoms with E-state index < -0.39 is 0 Å². The summed E-state index contributed by atoms with van der Waals surface area (Å²) in [5, 5.41) is 3.24. The van der Waals surface area contributed by atoms with Crippen LogP contribution in [0.3, 0.4) is 0 Å². The molecular weight excluding hydrogens is 248 g/mol. The topological polar surface area (TPSA) is 38.9 Å². The number of hydrogen-bond acceptors (Lipinski definition) is 4. The summed E-state index contributed by atoms with van der Waals surface area (Å²) >= 11 is 3.55. The van der Waals surface area contributed by atoms with Crippen molar-refractivity contribution >= 4 is 23.1 Å². The maximum Gasteiger partial charge on any atom is 0.123 e. The smallest absolute Gasteiger partial charge is 0.123 e. The van der Waals surface area contributed by atoms with Crippen molar-refractivity contribution in [2.45, 2.75) is 12.7 Å². The van der Waals surface area contributed by atoms with Gasteiger partial charge in [0.1, 0.15) is 5.01 Å². The zero-order chi connectivity index (χ0) is 12.1. The summed E-state index contributed by atoms with van der Waals surface area (Å²) < 4.78 is 0. The third kappa shape index (κ3) is 3.56. The van der Waals surface area contributed by atoms with Crippen LogP contribution in [0.15, 0.2) is 29.6 Å². The molecule has 0 atom stereocenters. The Labute approximate surface area is 110 Å². The molecule has 2 nitrogen and oxygen atoms in total. The minimum atomic E-state index is 0.736. The molecule has 0 saturated carbocycles. The summed E-state index contributed by atoms with van der Waals surface area (Å²) in [7, 11) is 0. The third-order valence-corrected chi connectivity index (χ3v) is 4.33. The number of nitrogens with two attached hydrogens (primary N) is 1. The van der Waals surface area contributed by atoms with Crippen LogP contribution < -0.4 is 5.73 Å². The fourth-order valence-corrected chi connectivity index (χ4v) is 3.06. The van der Waals surface area contributed by atoms with Crippen molar-refractivity contribution in [1.82, 2.24) is 4.98 Å². The van der Waals surface area contributed by atoms with Crippen molar-refractivity contribution in [3.8, 4) is 10.6 Å². The Balaban J connectivity index is 2.04. The van der Waals surface area contributed by atoms with Crippen LogP contribution in [0, 0.1) is 6.92 Å². The van der Waals surface area contributed by atoms with Crippen molar-refractivity contribution < 1.29 is 0 Å². The molecule has 90 valence electrons. The van der Waals surface area contributed by atoms with Crippen LogP contribution in [-0.2, 0) is 5.75 Å². The van der Waals surface area contributed by atoms with Gasteiger partial charge >= 0.3 is 0 Å². The van der Waals surface area contributed by atoms with E-state index in [4.69, 9.17) is 5.73 Å². The maximum atomic E-state index is 5.46. The summed E-state index contributed by atoms with van der Waals surface area (Å²) in [5.41, 5.74) is 9.11. The van der Waals surface area contributed by atoms with Gasteiger partial charge in [0.2, 0.25) is 0 Å². The Bertz CT molecular complexity index is 463. The van der Waals surface area contributed by atoms with Crippen LogP contribution >= 0.6 is 23.1 Å². The SMILES string of the molecule is Cc1ccc(-c2nc(CSCCN)cs2)cc1. The van der Waals surface area contributed by atoms with Crippen molar-refractivity contribution in [3.63, 3.8) is 0 Å². The molecule has 2 rings (SSSR count).